The molecule has 1 heterocycles. The van der Waals surface area contributed by atoms with E-state index in [4.69, 9.17) is 11.6 Å². The van der Waals surface area contributed by atoms with E-state index in [1.165, 1.54) is 44.2 Å². The average Bonchev–Trinajstić information content (AvgIpc) is 3.00. The highest BCUT2D eigenvalue weighted by molar-refractivity contribution is 6.31. The Morgan fingerprint density at radius 2 is 1.32 bits per heavy atom. The number of para-hydroxylation sites is 2. The second-order valence-electron chi connectivity index (χ2n) is 7.41. The minimum atomic E-state index is 0.750. The molecule has 2 heteroatoms. The van der Waals surface area contributed by atoms with Crippen molar-refractivity contribution in [2.24, 2.45) is 0 Å². The van der Waals surface area contributed by atoms with Crippen molar-refractivity contribution in [3.8, 4) is 16.8 Å². The minimum Gasteiger partial charge on any atom is -0.309 e. The lowest BCUT2D eigenvalue weighted by Crippen LogP contribution is -1.97. The maximum absolute atomic E-state index is 6.39. The molecular formula is C26H20ClN. The fourth-order valence-corrected chi connectivity index (χ4v) is 4.41. The molecule has 0 radical (unpaired) electrons. The first kappa shape index (κ1) is 17.1. The number of aromatic nitrogens is 1. The second-order valence-corrected chi connectivity index (χ2v) is 7.84. The molecule has 0 aliphatic heterocycles. The summed E-state index contributed by atoms with van der Waals surface area (Å²) in [5.74, 6) is 0. The summed E-state index contributed by atoms with van der Waals surface area (Å²) in [6.45, 7) is 4.30. The summed E-state index contributed by atoms with van der Waals surface area (Å²) >= 11 is 6.39. The standard InChI is InChI=1S/C26H20ClN/c1-17-13-18(2)15-19(14-17)21-7-3-5-9-24(21)28-25-10-6-4-8-22(25)23-12-11-20(27)16-26(23)28/h3-16H,1-2H3. The molecule has 4 aromatic carbocycles. The van der Waals surface area contributed by atoms with Crippen LogP contribution in [0.1, 0.15) is 11.1 Å². The van der Waals surface area contributed by atoms with Crippen LogP contribution in [0.3, 0.4) is 0 Å². The van der Waals surface area contributed by atoms with Crippen LogP contribution in [0.25, 0.3) is 38.6 Å². The molecule has 136 valence electrons. The monoisotopic (exact) mass is 381 g/mol. The van der Waals surface area contributed by atoms with E-state index in [0.717, 1.165) is 10.5 Å². The fourth-order valence-electron chi connectivity index (χ4n) is 4.25. The predicted molar refractivity (Wildman–Crippen MR) is 121 cm³/mol. The van der Waals surface area contributed by atoms with Gasteiger partial charge in [-0.3, -0.25) is 0 Å². The molecule has 28 heavy (non-hydrogen) atoms. The molecule has 0 aliphatic rings. The third-order valence-electron chi connectivity index (χ3n) is 5.31. The maximum atomic E-state index is 6.39. The summed E-state index contributed by atoms with van der Waals surface area (Å²) in [5, 5.41) is 3.21. The molecule has 0 saturated heterocycles. The van der Waals surface area contributed by atoms with Crippen molar-refractivity contribution in [3.05, 3.63) is 101 Å². The quantitative estimate of drug-likeness (QED) is 0.295. The van der Waals surface area contributed by atoms with Gasteiger partial charge < -0.3 is 4.57 Å². The highest BCUT2D eigenvalue weighted by atomic mass is 35.5. The Hall–Kier alpha value is -3.03. The molecule has 0 saturated carbocycles. The van der Waals surface area contributed by atoms with Crippen LogP contribution in [-0.4, -0.2) is 4.57 Å². The topological polar surface area (TPSA) is 4.93 Å². The van der Waals surface area contributed by atoms with Crippen LogP contribution < -0.4 is 0 Å². The highest BCUT2D eigenvalue weighted by Gasteiger charge is 2.15. The van der Waals surface area contributed by atoms with Gasteiger partial charge in [-0.15, -0.1) is 0 Å². The molecule has 0 spiro atoms. The summed E-state index contributed by atoms with van der Waals surface area (Å²) in [6, 6.07) is 30.0. The Morgan fingerprint density at radius 3 is 2.14 bits per heavy atom. The average molecular weight is 382 g/mol. The Bertz CT molecular complexity index is 1320. The van der Waals surface area contributed by atoms with Gasteiger partial charge in [-0.1, -0.05) is 83.4 Å². The van der Waals surface area contributed by atoms with Crippen molar-refractivity contribution in [2.45, 2.75) is 13.8 Å². The lowest BCUT2D eigenvalue weighted by molar-refractivity contribution is 1.18. The van der Waals surface area contributed by atoms with Crippen LogP contribution in [0.5, 0.6) is 0 Å². The predicted octanol–water partition coefficient (Wildman–Crippen LogP) is 7.72. The van der Waals surface area contributed by atoms with Gasteiger partial charge in [-0.25, -0.2) is 0 Å². The largest absolute Gasteiger partial charge is 0.309 e. The second kappa shape index (κ2) is 6.54. The molecule has 1 nitrogen and oxygen atoms in total. The molecular weight excluding hydrogens is 362 g/mol. The van der Waals surface area contributed by atoms with E-state index in [2.05, 4.69) is 97.3 Å². The molecule has 0 amide bonds. The van der Waals surface area contributed by atoms with Crippen molar-refractivity contribution in [1.82, 2.24) is 4.57 Å². The van der Waals surface area contributed by atoms with Crippen LogP contribution in [0.15, 0.2) is 84.9 Å². The van der Waals surface area contributed by atoms with Gasteiger partial charge in [-0.05, 0) is 43.7 Å². The Labute approximate surface area is 169 Å². The van der Waals surface area contributed by atoms with Gasteiger partial charge in [0.1, 0.15) is 0 Å². The number of rotatable bonds is 2. The molecule has 5 aromatic rings. The molecule has 0 bridgehead atoms. The smallest absolute Gasteiger partial charge is 0.0556 e. The summed E-state index contributed by atoms with van der Waals surface area (Å²) in [4.78, 5) is 0. The molecule has 1 aromatic heterocycles. The summed E-state index contributed by atoms with van der Waals surface area (Å²) in [7, 11) is 0. The van der Waals surface area contributed by atoms with Crippen molar-refractivity contribution in [3.63, 3.8) is 0 Å². The van der Waals surface area contributed by atoms with Crippen molar-refractivity contribution < 1.29 is 0 Å². The van der Waals surface area contributed by atoms with E-state index < -0.39 is 0 Å². The van der Waals surface area contributed by atoms with Crippen molar-refractivity contribution >= 4 is 33.4 Å². The van der Waals surface area contributed by atoms with Crippen molar-refractivity contribution in [1.29, 1.82) is 0 Å². The van der Waals surface area contributed by atoms with Crippen LogP contribution in [0.4, 0.5) is 0 Å². The van der Waals surface area contributed by atoms with E-state index in [0.29, 0.717) is 0 Å². The van der Waals surface area contributed by atoms with Crippen LogP contribution in [0.2, 0.25) is 5.02 Å². The highest BCUT2D eigenvalue weighted by Crippen LogP contribution is 2.37. The summed E-state index contributed by atoms with van der Waals surface area (Å²) < 4.78 is 2.34. The number of hydrogen-bond acceptors (Lipinski definition) is 0. The van der Waals surface area contributed by atoms with E-state index in [1.807, 2.05) is 6.07 Å². The number of halogens is 1. The first-order chi connectivity index (χ1) is 13.6. The molecule has 0 fully saturated rings. The SMILES string of the molecule is Cc1cc(C)cc(-c2ccccc2-n2c3ccccc3c3ccc(Cl)cc32)c1. The van der Waals surface area contributed by atoms with Crippen molar-refractivity contribution in [2.75, 3.05) is 0 Å². The first-order valence-electron chi connectivity index (χ1n) is 9.48. The zero-order valence-corrected chi connectivity index (χ0v) is 16.7. The number of fused-ring (bicyclic) bond motifs is 3. The summed E-state index contributed by atoms with van der Waals surface area (Å²) in [6.07, 6.45) is 0. The van der Waals surface area contributed by atoms with Gasteiger partial charge in [0, 0.05) is 21.4 Å². The zero-order chi connectivity index (χ0) is 19.3. The van der Waals surface area contributed by atoms with Gasteiger partial charge >= 0.3 is 0 Å². The lowest BCUT2D eigenvalue weighted by atomic mass is 9.99. The lowest BCUT2D eigenvalue weighted by Gasteiger charge is -2.15. The zero-order valence-electron chi connectivity index (χ0n) is 15.9. The van der Waals surface area contributed by atoms with Crippen LogP contribution >= 0.6 is 11.6 Å². The summed E-state index contributed by atoms with van der Waals surface area (Å²) in [5.41, 5.74) is 8.49. The number of aryl methyl sites for hydroxylation is 2. The van der Waals surface area contributed by atoms with E-state index >= 15 is 0 Å². The normalized spacial score (nSPS) is 11.4. The van der Waals surface area contributed by atoms with Crippen LogP contribution in [-0.2, 0) is 0 Å². The van der Waals surface area contributed by atoms with Gasteiger partial charge in [0.2, 0.25) is 0 Å². The Balaban J connectivity index is 1.90. The van der Waals surface area contributed by atoms with Gasteiger partial charge in [0.25, 0.3) is 0 Å². The number of hydrogen-bond donors (Lipinski definition) is 0. The maximum Gasteiger partial charge on any atom is 0.0556 e. The van der Waals surface area contributed by atoms with Gasteiger partial charge in [0.15, 0.2) is 0 Å². The van der Waals surface area contributed by atoms with E-state index in [-0.39, 0.29) is 0 Å². The third-order valence-corrected chi connectivity index (χ3v) is 5.55. The Kier molecular flexibility index (Phi) is 3.99. The minimum absolute atomic E-state index is 0.750. The molecule has 5 rings (SSSR count). The van der Waals surface area contributed by atoms with Gasteiger partial charge in [-0.2, -0.15) is 0 Å². The molecule has 0 unspecified atom stereocenters. The third kappa shape index (κ3) is 2.71. The molecule has 0 atom stereocenters. The molecule has 0 N–H and O–H groups in total. The van der Waals surface area contributed by atoms with E-state index in [1.54, 1.807) is 0 Å². The number of benzene rings is 4. The molecule has 0 aliphatic carbocycles. The number of nitrogens with zero attached hydrogens (tertiary/aromatic N) is 1. The Morgan fingerprint density at radius 1 is 0.643 bits per heavy atom. The van der Waals surface area contributed by atoms with Crippen LogP contribution in [0, 0.1) is 13.8 Å². The van der Waals surface area contributed by atoms with Gasteiger partial charge in [0.05, 0.1) is 16.7 Å². The fraction of sp³-hybridized carbons (Fsp3) is 0.0769. The first-order valence-corrected chi connectivity index (χ1v) is 9.86. The van der Waals surface area contributed by atoms with E-state index in [9.17, 15) is 0 Å².